The molecule has 0 bridgehead atoms. The van der Waals surface area contributed by atoms with Crippen LogP contribution in [0.3, 0.4) is 0 Å². The molecule has 1 aromatic heterocycles. The average Bonchev–Trinajstić information content (AvgIpc) is 2.36. The van der Waals surface area contributed by atoms with E-state index in [1.165, 1.54) is 0 Å². The lowest BCUT2D eigenvalue weighted by Gasteiger charge is -2.24. The molecule has 0 aliphatic heterocycles. The zero-order valence-corrected chi connectivity index (χ0v) is 13.9. The Morgan fingerprint density at radius 1 is 1.10 bits per heavy atom. The Kier molecular flexibility index (Phi) is 5.96. The van der Waals surface area contributed by atoms with Gasteiger partial charge >= 0.3 is 0 Å². The number of aromatic nitrogens is 1. The third kappa shape index (κ3) is 5.10. The summed E-state index contributed by atoms with van der Waals surface area (Å²) in [6.07, 6.45) is 1.13. The van der Waals surface area contributed by atoms with Crippen LogP contribution < -0.4 is 10.6 Å². The van der Waals surface area contributed by atoms with Crippen molar-refractivity contribution in [3.8, 4) is 0 Å². The van der Waals surface area contributed by atoms with E-state index in [4.69, 9.17) is 10.7 Å². The lowest BCUT2D eigenvalue weighted by molar-refractivity contribution is 0.401. The molecule has 1 aromatic rings. The van der Waals surface area contributed by atoms with E-state index >= 15 is 0 Å². The summed E-state index contributed by atoms with van der Waals surface area (Å²) in [4.78, 5) is 9.23. The van der Waals surface area contributed by atoms with Gasteiger partial charge in [0.1, 0.15) is 5.82 Å². The SMILES string of the molecule is CN(C)CCCN(C)c1cc(CN)cc(C(C)(C)C)n1. The van der Waals surface area contributed by atoms with Crippen molar-refractivity contribution < 1.29 is 0 Å². The molecule has 0 amide bonds. The molecule has 0 fully saturated rings. The molecule has 0 spiro atoms. The van der Waals surface area contributed by atoms with Crippen LogP contribution in [-0.2, 0) is 12.0 Å². The zero-order valence-electron chi connectivity index (χ0n) is 13.9. The predicted molar refractivity (Wildman–Crippen MR) is 87.3 cm³/mol. The van der Waals surface area contributed by atoms with Crippen LogP contribution in [0.5, 0.6) is 0 Å². The number of nitrogens with zero attached hydrogens (tertiary/aromatic N) is 3. The highest BCUT2D eigenvalue weighted by Crippen LogP contribution is 2.24. The number of nitrogens with two attached hydrogens (primary N) is 1. The molecule has 114 valence electrons. The second-order valence-corrected chi connectivity index (χ2v) is 6.75. The third-order valence-electron chi connectivity index (χ3n) is 3.37. The molecule has 4 nitrogen and oxygen atoms in total. The largest absolute Gasteiger partial charge is 0.360 e. The van der Waals surface area contributed by atoms with Gasteiger partial charge in [-0.05, 0) is 44.8 Å². The van der Waals surface area contributed by atoms with E-state index in [2.05, 4.69) is 63.8 Å². The van der Waals surface area contributed by atoms with Crippen molar-refractivity contribution in [2.45, 2.75) is 39.2 Å². The van der Waals surface area contributed by atoms with Gasteiger partial charge in [-0.1, -0.05) is 20.8 Å². The summed E-state index contributed by atoms with van der Waals surface area (Å²) in [6.45, 7) is 9.21. The average molecular weight is 278 g/mol. The molecule has 0 atom stereocenters. The maximum absolute atomic E-state index is 5.82. The summed E-state index contributed by atoms with van der Waals surface area (Å²) in [5, 5.41) is 0. The van der Waals surface area contributed by atoms with Gasteiger partial charge in [-0.25, -0.2) is 4.98 Å². The van der Waals surface area contributed by atoms with Crippen molar-refractivity contribution in [2.75, 3.05) is 39.1 Å². The molecule has 0 aliphatic carbocycles. The molecule has 0 saturated heterocycles. The van der Waals surface area contributed by atoms with Crippen LogP contribution in [0.15, 0.2) is 12.1 Å². The van der Waals surface area contributed by atoms with Gasteiger partial charge in [-0.3, -0.25) is 0 Å². The van der Waals surface area contributed by atoms with E-state index in [0.29, 0.717) is 6.54 Å². The molecule has 0 radical (unpaired) electrons. The van der Waals surface area contributed by atoms with E-state index in [1.54, 1.807) is 0 Å². The van der Waals surface area contributed by atoms with E-state index in [-0.39, 0.29) is 5.41 Å². The van der Waals surface area contributed by atoms with Crippen molar-refractivity contribution in [2.24, 2.45) is 5.73 Å². The van der Waals surface area contributed by atoms with Gasteiger partial charge < -0.3 is 15.5 Å². The number of anilines is 1. The Balaban J connectivity index is 2.88. The molecule has 20 heavy (non-hydrogen) atoms. The maximum Gasteiger partial charge on any atom is 0.128 e. The lowest BCUT2D eigenvalue weighted by atomic mass is 9.90. The summed E-state index contributed by atoms with van der Waals surface area (Å²) in [7, 11) is 6.31. The molecular formula is C16H30N4. The maximum atomic E-state index is 5.82. The van der Waals surface area contributed by atoms with E-state index in [1.807, 2.05) is 0 Å². The first-order chi connectivity index (χ1) is 9.24. The van der Waals surface area contributed by atoms with Crippen LogP contribution in [0.2, 0.25) is 0 Å². The van der Waals surface area contributed by atoms with Crippen molar-refractivity contribution >= 4 is 5.82 Å². The predicted octanol–water partition coefficient (Wildman–Crippen LogP) is 2.23. The fraction of sp³-hybridized carbons (Fsp3) is 0.688. The minimum Gasteiger partial charge on any atom is -0.360 e. The Hall–Kier alpha value is -1.13. The summed E-state index contributed by atoms with van der Waals surface area (Å²) in [5.41, 5.74) is 8.12. The monoisotopic (exact) mass is 278 g/mol. The molecule has 0 aromatic carbocycles. The topological polar surface area (TPSA) is 45.4 Å². The van der Waals surface area contributed by atoms with Crippen molar-refractivity contribution in [3.05, 3.63) is 23.4 Å². The molecule has 1 rings (SSSR count). The Labute approximate surface area is 124 Å². The van der Waals surface area contributed by atoms with Gasteiger partial charge in [0.2, 0.25) is 0 Å². The van der Waals surface area contributed by atoms with Gasteiger partial charge in [-0.15, -0.1) is 0 Å². The number of hydrogen-bond donors (Lipinski definition) is 1. The molecule has 1 heterocycles. The minimum atomic E-state index is 0.0460. The van der Waals surface area contributed by atoms with Crippen LogP contribution >= 0.6 is 0 Å². The van der Waals surface area contributed by atoms with Crippen LogP contribution in [0, 0.1) is 0 Å². The summed E-state index contributed by atoms with van der Waals surface area (Å²) < 4.78 is 0. The van der Waals surface area contributed by atoms with Gasteiger partial charge in [0.15, 0.2) is 0 Å². The van der Waals surface area contributed by atoms with Crippen LogP contribution in [0.1, 0.15) is 38.4 Å². The first-order valence-electron chi connectivity index (χ1n) is 7.31. The molecule has 0 aliphatic rings. The standard InChI is InChI=1S/C16H30N4/c1-16(2,3)14-10-13(12-17)11-15(18-14)20(6)9-7-8-19(4)5/h10-11H,7-9,12,17H2,1-6H3. The number of rotatable bonds is 6. The van der Waals surface area contributed by atoms with E-state index < -0.39 is 0 Å². The fourth-order valence-electron chi connectivity index (χ4n) is 2.01. The summed E-state index contributed by atoms with van der Waals surface area (Å²) in [6, 6.07) is 4.22. The highest BCUT2D eigenvalue weighted by atomic mass is 15.2. The van der Waals surface area contributed by atoms with Crippen molar-refractivity contribution in [3.63, 3.8) is 0 Å². The quantitative estimate of drug-likeness (QED) is 0.867. The number of pyridine rings is 1. The molecular weight excluding hydrogens is 248 g/mol. The first-order valence-corrected chi connectivity index (χ1v) is 7.31. The summed E-state index contributed by atoms with van der Waals surface area (Å²) >= 11 is 0. The van der Waals surface area contributed by atoms with E-state index in [0.717, 1.165) is 36.6 Å². The van der Waals surface area contributed by atoms with Gasteiger partial charge in [0, 0.05) is 31.2 Å². The smallest absolute Gasteiger partial charge is 0.128 e. The van der Waals surface area contributed by atoms with Crippen LogP contribution in [0.4, 0.5) is 5.82 Å². The Morgan fingerprint density at radius 2 is 1.75 bits per heavy atom. The van der Waals surface area contributed by atoms with Crippen LogP contribution in [-0.4, -0.2) is 44.1 Å². The molecule has 4 heteroatoms. The first kappa shape index (κ1) is 16.9. The van der Waals surface area contributed by atoms with Gasteiger partial charge in [0.25, 0.3) is 0 Å². The normalized spacial score (nSPS) is 12.0. The molecule has 0 unspecified atom stereocenters. The second kappa shape index (κ2) is 7.04. The highest BCUT2D eigenvalue weighted by molar-refractivity contribution is 5.43. The van der Waals surface area contributed by atoms with Crippen LogP contribution in [0.25, 0.3) is 0 Å². The van der Waals surface area contributed by atoms with Gasteiger partial charge in [0.05, 0.1) is 0 Å². The fourth-order valence-corrected chi connectivity index (χ4v) is 2.01. The highest BCUT2D eigenvalue weighted by Gasteiger charge is 2.18. The van der Waals surface area contributed by atoms with Crippen molar-refractivity contribution in [1.82, 2.24) is 9.88 Å². The number of hydrogen-bond acceptors (Lipinski definition) is 4. The van der Waals surface area contributed by atoms with E-state index in [9.17, 15) is 0 Å². The van der Waals surface area contributed by atoms with Crippen molar-refractivity contribution in [1.29, 1.82) is 0 Å². The van der Waals surface area contributed by atoms with Gasteiger partial charge in [-0.2, -0.15) is 0 Å². The lowest BCUT2D eigenvalue weighted by Crippen LogP contribution is -2.25. The zero-order chi connectivity index (χ0) is 15.3. The molecule has 2 N–H and O–H groups in total. The second-order valence-electron chi connectivity index (χ2n) is 6.75. The molecule has 0 saturated carbocycles. The Morgan fingerprint density at radius 3 is 2.25 bits per heavy atom. The third-order valence-corrected chi connectivity index (χ3v) is 3.37. The Bertz CT molecular complexity index is 421. The summed E-state index contributed by atoms with van der Waals surface area (Å²) in [5.74, 6) is 1.02. The minimum absolute atomic E-state index is 0.0460.